The summed E-state index contributed by atoms with van der Waals surface area (Å²) in [7, 11) is 0. The predicted molar refractivity (Wildman–Crippen MR) is 56.0 cm³/mol. The van der Waals surface area contributed by atoms with Gasteiger partial charge in [-0.15, -0.1) is 0 Å². The molecule has 1 aromatic rings. The van der Waals surface area contributed by atoms with Gasteiger partial charge in [0.15, 0.2) is 0 Å². The summed E-state index contributed by atoms with van der Waals surface area (Å²) in [5, 5.41) is 0.325. The summed E-state index contributed by atoms with van der Waals surface area (Å²) in [6, 6.07) is 6.05. The van der Waals surface area contributed by atoms with Crippen molar-refractivity contribution in [2.24, 2.45) is 0 Å². The Balaban J connectivity index is 2.47. The highest BCUT2D eigenvalue weighted by molar-refractivity contribution is 9.10. The zero-order valence-electron chi connectivity index (χ0n) is 6.46. The third-order valence-corrected chi connectivity index (χ3v) is 3.01. The van der Waals surface area contributed by atoms with E-state index in [1.54, 1.807) is 0 Å². The van der Waals surface area contributed by atoms with Crippen molar-refractivity contribution in [3.8, 4) is 5.75 Å². The van der Waals surface area contributed by atoms with Gasteiger partial charge in [0.25, 0.3) is 0 Å². The highest BCUT2D eigenvalue weighted by atomic mass is 79.9. The standard InChI is InChI=1S/C9H9BrOS/c10-6-1-2-8-7(5-6)9(12)3-4-11-8/h1-2,5,9,12H,3-4H2. The Morgan fingerprint density at radius 2 is 2.33 bits per heavy atom. The van der Waals surface area contributed by atoms with Crippen molar-refractivity contribution in [2.45, 2.75) is 11.7 Å². The molecule has 1 heterocycles. The zero-order chi connectivity index (χ0) is 8.55. The predicted octanol–water partition coefficient (Wildman–Crippen LogP) is 3.20. The SMILES string of the molecule is SC1CCOc2ccc(Br)cc21. The van der Waals surface area contributed by atoms with Crippen LogP contribution in [0, 0.1) is 0 Å². The lowest BCUT2D eigenvalue weighted by atomic mass is 10.1. The molecule has 1 aromatic carbocycles. The quantitative estimate of drug-likeness (QED) is 0.690. The maximum absolute atomic E-state index is 5.48. The molecule has 1 aliphatic rings. The number of fused-ring (bicyclic) bond motifs is 1. The average molecular weight is 245 g/mol. The third kappa shape index (κ3) is 1.48. The monoisotopic (exact) mass is 244 g/mol. The van der Waals surface area contributed by atoms with Crippen LogP contribution in [-0.4, -0.2) is 6.61 Å². The number of benzene rings is 1. The first kappa shape index (κ1) is 8.45. The second-order valence-corrected chi connectivity index (χ2v) is 4.37. The minimum Gasteiger partial charge on any atom is -0.493 e. The minimum atomic E-state index is 0.325. The van der Waals surface area contributed by atoms with E-state index in [4.69, 9.17) is 4.74 Å². The highest BCUT2D eigenvalue weighted by Crippen LogP contribution is 2.37. The van der Waals surface area contributed by atoms with E-state index in [0.717, 1.165) is 23.2 Å². The van der Waals surface area contributed by atoms with Crippen LogP contribution in [0.15, 0.2) is 22.7 Å². The molecule has 0 N–H and O–H groups in total. The van der Waals surface area contributed by atoms with Crippen molar-refractivity contribution >= 4 is 28.6 Å². The second-order valence-electron chi connectivity index (χ2n) is 2.84. The third-order valence-electron chi connectivity index (χ3n) is 1.98. The first-order valence-electron chi connectivity index (χ1n) is 3.87. The van der Waals surface area contributed by atoms with Gasteiger partial charge in [-0.1, -0.05) is 15.9 Å². The topological polar surface area (TPSA) is 9.23 Å². The van der Waals surface area contributed by atoms with Gasteiger partial charge in [-0.3, -0.25) is 0 Å². The molecule has 1 unspecified atom stereocenters. The number of ether oxygens (including phenoxy) is 1. The van der Waals surface area contributed by atoms with Crippen LogP contribution >= 0.6 is 28.6 Å². The number of rotatable bonds is 0. The van der Waals surface area contributed by atoms with E-state index in [1.807, 2.05) is 12.1 Å². The number of hydrogen-bond donors (Lipinski definition) is 1. The summed E-state index contributed by atoms with van der Waals surface area (Å²) in [5.74, 6) is 0.976. The fourth-order valence-corrected chi connectivity index (χ4v) is 2.03. The van der Waals surface area contributed by atoms with Crippen molar-refractivity contribution in [1.29, 1.82) is 0 Å². The summed E-state index contributed by atoms with van der Waals surface area (Å²) in [4.78, 5) is 0. The fourth-order valence-electron chi connectivity index (χ4n) is 1.35. The smallest absolute Gasteiger partial charge is 0.123 e. The van der Waals surface area contributed by atoms with Crippen molar-refractivity contribution in [1.82, 2.24) is 0 Å². The summed E-state index contributed by atoms with van der Waals surface area (Å²) in [6.45, 7) is 0.781. The van der Waals surface area contributed by atoms with Crippen LogP contribution in [0.5, 0.6) is 5.75 Å². The molecule has 0 aliphatic carbocycles. The fraction of sp³-hybridized carbons (Fsp3) is 0.333. The normalized spacial score (nSPS) is 21.3. The zero-order valence-corrected chi connectivity index (χ0v) is 8.94. The van der Waals surface area contributed by atoms with E-state index in [-0.39, 0.29) is 0 Å². The molecule has 12 heavy (non-hydrogen) atoms. The van der Waals surface area contributed by atoms with Crippen molar-refractivity contribution in [3.05, 3.63) is 28.2 Å². The van der Waals surface area contributed by atoms with Gasteiger partial charge in [0, 0.05) is 15.3 Å². The Morgan fingerprint density at radius 1 is 1.50 bits per heavy atom. The maximum atomic E-state index is 5.48. The number of thiol groups is 1. The molecule has 0 saturated carbocycles. The van der Waals surface area contributed by atoms with Crippen LogP contribution < -0.4 is 4.74 Å². The van der Waals surface area contributed by atoms with Crippen LogP contribution in [0.25, 0.3) is 0 Å². The molecule has 0 fully saturated rings. The van der Waals surface area contributed by atoms with Crippen LogP contribution in [0.3, 0.4) is 0 Å². The van der Waals surface area contributed by atoms with E-state index < -0.39 is 0 Å². The Morgan fingerprint density at radius 3 is 3.17 bits per heavy atom. The summed E-state index contributed by atoms with van der Waals surface area (Å²) in [6.07, 6.45) is 0.993. The van der Waals surface area contributed by atoms with E-state index in [9.17, 15) is 0 Å². The van der Waals surface area contributed by atoms with Gasteiger partial charge in [-0.05, 0) is 24.6 Å². The first-order chi connectivity index (χ1) is 5.77. The van der Waals surface area contributed by atoms with Crippen molar-refractivity contribution < 1.29 is 4.74 Å². The summed E-state index contributed by atoms with van der Waals surface area (Å²) >= 11 is 7.92. The van der Waals surface area contributed by atoms with Gasteiger partial charge in [-0.25, -0.2) is 0 Å². The Hall–Kier alpha value is -0.150. The molecule has 1 nitrogen and oxygen atoms in total. The Bertz CT molecular complexity index is 301. The van der Waals surface area contributed by atoms with E-state index >= 15 is 0 Å². The lowest BCUT2D eigenvalue weighted by Crippen LogP contribution is -2.10. The molecule has 0 saturated heterocycles. The number of halogens is 1. The Kier molecular flexibility index (Phi) is 2.33. The molecule has 0 amide bonds. The molecule has 1 aliphatic heterocycles. The van der Waals surface area contributed by atoms with Crippen LogP contribution in [0.2, 0.25) is 0 Å². The van der Waals surface area contributed by atoms with Gasteiger partial charge in [0.05, 0.1) is 6.61 Å². The molecule has 0 aromatic heterocycles. The largest absolute Gasteiger partial charge is 0.493 e. The van der Waals surface area contributed by atoms with Gasteiger partial charge < -0.3 is 4.74 Å². The molecule has 64 valence electrons. The molecule has 3 heteroatoms. The van der Waals surface area contributed by atoms with E-state index in [1.165, 1.54) is 5.56 Å². The second kappa shape index (κ2) is 3.30. The first-order valence-corrected chi connectivity index (χ1v) is 5.18. The van der Waals surface area contributed by atoms with Gasteiger partial charge in [0.2, 0.25) is 0 Å². The van der Waals surface area contributed by atoms with Crippen LogP contribution in [0.4, 0.5) is 0 Å². The molecular formula is C9H9BrOS. The van der Waals surface area contributed by atoms with Gasteiger partial charge >= 0.3 is 0 Å². The summed E-state index contributed by atoms with van der Waals surface area (Å²) < 4.78 is 6.57. The minimum absolute atomic E-state index is 0.325. The maximum Gasteiger partial charge on any atom is 0.123 e. The summed E-state index contributed by atoms with van der Waals surface area (Å²) in [5.41, 5.74) is 1.19. The highest BCUT2D eigenvalue weighted by Gasteiger charge is 2.17. The van der Waals surface area contributed by atoms with E-state index in [0.29, 0.717) is 5.25 Å². The average Bonchev–Trinajstić information content (AvgIpc) is 2.07. The molecule has 0 radical (unpaired) electrons. The lowest BCUT2D eigenvalue weighted by Gasteiger charge is -2.22. The lowest BCUT2D eigenvalue weighted by molar-refractivity contribution is 0.287. The van der Waals surface area contributed by atoms with Crippen molar-refractivity contribution in [3.63, 3.8) is 0 Å². The molecular weight excluding hydrogens is 236 g/mol. The molecule has 2 rings (SSSR count). The molecule has 0 bridgehead atoms. The van der Waals surface area contributed by atoms with E-state index in [2.05, 4.69) is 34.6 Å². The molecule has 0 spiro atoms. The van der Waals surface area contributed by atoms with Crippen molar-refractivity contribution in [2.75, 3.05) is 6.61 Å². The molecule has 1 atom stereocenters. The number of hydrogen-bond acceptors (Lipinski definition) is 2. The Labute approximate surface area is 85.7 Å². The van der Waals surface area contributed by atoms with Crippen LogP contribution in [0.1, 0.15) is 17.2 Å². The van der Waals surface area contributed by atoms with Gasteiger partial charge in [0.1, 0.15) is 5.75 Å². The van der Waals surface area contributed by atoms with Crippen LogP contribution in [-0.2, 0) is 0 Å². The van der Waals surface area contributed by atoms with Gasteiger partial charge in [-0.2, -0.15) is 12.6 Å².